The quantitative estimate of drug-likeness (QED) is 0.811. The fourth-order valence-corrected chi connectivity index (χ4v) is 4.49. The van der Waals surface area contributed by atoms with Gasteiger partial charge in [0.25, 0.3) is 0 Å². The molecule has 1 atom stereocenters. The lowest BCUT2D eigenvalue weighted by Gasteiger charge is -2.39. The molecule has 1 unspecified atom stereocenters. The molecular formula is C23H23N3O5. The Balaban J connectivity index is 1.20. The Kier molecular flexibility index (Phi) is 4.93. The van der Waals surface area contributed by atoms with E-state index in [1.807, 2.05) is 18.2 Å². The van der Waals surface area contributed by atoms with Crippen LogP contribution in [-0.4, -0.2) is 55.2 Å². The van der Waals surface area contributed by atoms with E-state index in [0.29, 0.717) is 61.8 Å². The highest BCUT2D eigenvalue weighted by Gasteiger charge is 2.38. The third-order valence-electron chi connectivity index (χ3n) is 6.24. The SMILES string of the molecule is N#Cc1ccccc1N1CC(CN2CCC(O)(c3ccc4c(c3)OCO4)CC2)OC1=O. The molecule has 2 saturated heterocycles. The van der Waals surface area contributed by atoms with Crippen LogP contribution in [0.4, 0.5) is 10.5 Å². The van der Waals surface area contributed by atoms with Crippen LogP contribution < -0.4 is 14.4 Å². The zero-order valence-electron chi connectivity index (χ0n) is 17.0. The largest absolute Gasteiger partial charge is 0.454 e. The van der Waals surface area contributed by atoms with E-state index in [1.165, 1.54) is 4.90 Å². The van der Waals surface area contributed by atoms with Crippen LogP contribution in [0.2, 0.25) is 0 Å². The van der Waals surface area contributed by atoms with Crippen LogP contribution in [0.15, 0.2) is 42.5 Å². The molecule has 2 aromatic carbocycles. The molecule has 8 heteroatoms. The van der Waals surface area contributed by atoms with E-state index in [0.717, 1.165) is 5.56 Å². The van der Waals surface area contributed by atoms with E-state index in [1.54, 1.807) is 24.3 Å². The number of likely N-dealkylation sites (tertiary alicyclic amines) is 1. The maximum Gasteiger partial charge on any atom is 0.414 e. The first-order valence-electron chi connectivity index (χ1n) is 10.4. The molecule has 3 aliphatic rings. The number of amides is 1. The van der Waals surface area contributed by atoms with Gasteiger partial charge in [0, 0.05) is 19.6 Å². The van der Waals surface area contributed by atoms with Crippen LogP contribution in [0.3, 0.4) is 0 Å². The number of carbonyl (C=O) groups is 1. The first-order valence-corrected chi connectivity index (χ1v) is 10.4. The molecule has 5 rings (SSSR count). The van der Waals surface area contributed by atoms with Crippen molar-refractivity contribution in [2.75, 3.05) is 37.9 Å². The van der Waals surface area contributed by atoms with Gasteiger partial charge in [-0.2, -0.15) is 5.26 Å². The van der Waals surface area contributed by atoms with Crippen molar-refractivity contribution in [1.82, 2.24) is 4.90 Å². The fourth-order valence-electron chi connectivity index (χ4n) is 4.49. The molecule has 3 heterocycles. The highest BCUT2D eigenvalue weighted by Crippen LogP contribution is 2.39. The summed E-state index contributed by atoms with van der Waals surface area (Å²) in [4.78, 5) is 16.1. The zero-order valence-corrected chi connectivity index (χ0v) is 17.0. The molecule has 2 aromatic rings. The van der Waals surface area contributed by atoms with Crippen LogP contribution in [0, 0.1) is 11.3 Å². The molecule has 0 spiro atoms. The number of rotatable bonds is 4. The van der Waals surface area contributed by atoms with E-state index in [2.05, 4.69) is 11.0 Å². The van der Waals surface area contributed by atoms with Crippen LogP contribution in [0.1, 0.15) is 24.0 Å². The molecule has 0 aliphatic carbocycles. The molecule has 160 valence electrons. The molecule has 8 nitrogen and oxygen atoms in total. The van der Waals surface area contributed by atoms with E-state index in [-0.39, 0.29) is 12.9 Å². The summed E-state index contributed by atoms with van der Waals surface area (Å²) in [6, 6.07) is 14.8. The first kappa shape index (κ1) is 19.7. The second-order valence-corrected chi connectivity index (χ2v) is 8.15. The van der Waals surface area contributed by atoms with Gasteiger partial charge in [0.2, 0.25) is 6.79 Å². The molecule has 0 saturated carbocycles. The normalized spacial score (nSPS) is 22.3. The van der Waals surface area contributed by atoms with Gasteiger partial charge in [0.1, 0.15) is 12.2 Å². The number of ether oxygens (including phenoxy) is 3. The van der Waals surface area contributed by atoms with Crippen LogP contribution in [-0.2, 0) is 10.3 Å². The molecular weight excluding hydrogens is 398 g/mol. The summed E-state index contributed by atoms with van der Waals surface area (Å²) in [5, 5.41) is 20.5. The summed E-state index contributed by atoms with van der Waals surface area (Å²) in [6.45, 7) is 2.58. The Morgan fingerprint density at radius 3 is 2.71 bits per heavy atom. The number of fused-ring (bicyclic) bond motifs is 1. The molecule has 0 aromatic heterocycles. The molecule has 2 fully saturated rings. The number of cyclic esters (lactones) is 1. The summed E-state index contributed by atoms with van der Waals surface area (Å²) in [7, 11) is 0. The fraction of sp³-hybridized carbons (Fsp3) is 0.391. The van der Waals surface area contributed by atoms with Gasteiger partial charge < -0.3 is 19.3 Å². The average Bonchev–Trinajstić information content (AvgIpc) is 3.41. The Bertz CT molecular complexity index is 1040. The maximum absolute atomic E-state index is 12.4. The van der Waals surface area contributed by atoms with Crippen molar-refractivity contribution in [1.29, 1.82) is 5.26 Å². The summed E-state index contributed by atoms with van der Waals surface area (Å²) < 4.78 is 16.4. The van der Waals surface area contributed by atoms with Crippen molar-refractivity contribution >= 4 is 11.8 Å². The Morgan fingerprint density at radius 2 is 1.90 bits per heavy atom. The van der Waals surface area contributed by atoms with Crippen molar-refractivity contribution in [2.45, 2.75) is 24.5 Å². The first-order chi connectivity index (χ1) is 15.1. The van der Waals surface area contributed by atoms with E-state index in [4.69, 9.17) is 14.2 Å². The Hall–Kier alpha value is -3.28. The number of benzene rings is 2. The zero-order chi connectivity index (χ0) is 21.4. The number of nitrogens with zero attached hydrogens (tertiary/aromatic N) is 3. The third kappa shape index (κ3) is 3.67. The van der Waals surface area contributed by atoms with Crippen molar-refractivity contribution in [3.05, 3.63) is 53.6 Å². The summed E-state index contributed by atoms with van der Waals surface area (Å²) in [6.07, 6.45) is 0.445. The van der Waals surface area contributed by atoms with Gasteiger partial charge >= 0.3 is 6.09 Å². The molecule has 1 amide bonds. The van der Waals surface area contributed by atoms with Gasteiger partial charge in [-0.15, -0.1) is 0 Å². The third-order valence-corrected chi connectivity index (χ3v) is 6.24. The molecule has 1 N–H and O–H groups in total. The Morgan fingerprint density at radius 1 is 1.13 bits per heavy atom. The number of carbonyl (C=O) groups excluding carboxylic acids is 1. The lowest BCUT2D eigenvalue weighted by molar-refractivity contribution is -0.0325. The van der Waals surface area contributed by atoms with Gasteiger partial charge in [-0.3, -0.25) is 9.80 Å². The second-order valence-electron chi connectivity index (χ2n) is 8.15. The number of para-hydroxylation sites is 1. The highest BCUT2D eigenvalue weighted by atomic mass is 16.7. The molecule has 31 heavy (non-hydrogen) atoms. The lowest BCUT2D eigenvalue weighted by atomic mass is 9.84. The minimum atomic E-state index is -0.915. The number of hydrogen-bond donors (Lipinski definition) is 1. The lowest BCUT2D eigenvalue weighted by Crippen LogP contribution is -2.45. The van der Waals surface area contributed by atoms with Crippen molar-refractivity contribution in [3.63, 3.8) is 0 Å². The summed E-state index contributed by atoms with van der Waals surface area (Å²) in [5.74, 6) is 1.37. The van der Waals surface area contributed by atoms with E-state index in [9.17, 15) is 15.2 Å². The smallest absolute Gasteiger partial charge is 0.414 e. The van der Waals surface area contributed by atoms with E-state index >= 15 is 0 Å². The monoisotopic (exact) mass is 421 g/mol. The van der Waals surface area contributed by atoms with Gasteiger partial charge in [-0.05, 0) is 42.7 Å². The van der Waals surface area contributed by atoms with Gasteiger partial charge in [0.05, 0.1) is 23.4 Å². The summed E-state index contributed by atoms with van der Waals surface area (Å²) in [5.41, 5.74) is 0.949. The second kappa shape index (κ2) is 7.76. The van der Waals surface area contributed by atoms with Gasteiger partial charge in [-0.1, -0.05) is 18.2 Å². The number of hydrogen-bond acceptors (Lipinski definition) is 7. The Labute approximate surface area is 180 Å². The standard InChI is InChI=1S/C23H23N3O5/c24-12-16-3-1-2-4-19(16)26-14-18(31-22(26)27)13-25-9-7-23(28,8-10-25)17-5-6-20-21(11-17)30-15-29-20/h1-6,11,18,28H,7-10,13-15H2. The van der Waals surface area contributed by atoms with Gasteiger partial charge in [-0.25, -0.2) is 4.79 Å². The summed E-state index contributed by atoms with van der Waals surface area (Å²) >= 11 is 0. The van der Waals surface area contributed by atoms with Crippen molar-refractivity contribution in [2.24, 2.45) is 0 Å². The van der Waals surface area contributed by atoms with Crippen LogP contribution in [0.5, 0.6) is 11.5 Å². The van der Waals surface area contributed by atoms with Gasteiger partial charge in [0.15, 0.2) is 11.5 Å². The van der Waals surface area contributed by atoms with E-state index < -0.39 is 11.7 Å². The molecule has 0 radical (unpaired) electrons. The predicted molar refractivity (Wildman–Crippen MR) is 111 cm³/mol. The van der Waals surface area contributed by atoms with Crippen LogP contribution >= 0.6 is 0 Å². The average molecular weight is 421 g/mol. The topological polar surface area (TPSA) is 95.3 Å². The number of nitriles is 1. The molecule has 3 aliphatic heterocycles. The number of piperidine rings is 1. The maximum atomic E-state index is 12.4. The molecule has 0 bridgehead atoms. The highest BCUT2D eigenvalue weighted by molar-refractivity contribution is 5.91. The van der Waals surface area contributed by atoms with Crippen LogP contribution in [0.25, 0.3) is 0 Å². The minimum Gasteiger partial charge on any atom is -0.454 e. The van der Waals surface area contributed by atoms with Crippen molar-refractivity contribution in [3.8, 4) is 17.6 Å². The predicted octanol–water partition coefficient (Wildman–Crippen LogP) is 2.60. The minimum absolute atomic E-state index is 0.209. The van der Waals surface area contributed by atoms with Crippen molar-refractivity contribution < 1.29 is 24.1 Å². The number of aliphatic hydroxyl groups is 1. The number of anilines is 1.